The van der Waals surface area contributed by atoms with Gasteiger partial charge in [0, 0.05) is 32.4 Å². The predicted octanol–water partition coefficient (Wildman–Crippen LogP) is 2.68. The molecule has 158 valence electrons. The van der Waals surface area contributed by atoms with Crippen molar-refractivity contribution in [1.29, 1.82) is 0 Å². The van der Waals surface area contributed by atoms with Crippen molar-refractivity contribution in [2.45, 2.75) is 42.5 Å². The van der Waals surface area contributed by atoms with Crippen molar-refractivity contribution in [3.8, 4) is 0 Å². The number of benzene rings is 1. The van der Waals surface area contributed by atoms with E-state index >= 15 is 0 Å². The maximum Gasteiger partial charge on any atom is 0.417 e. The normalized spacial score (nSPS) is 23.0. The van der Waals surface area contributed by atoms with E-state index in [1.165, 1.54) is 16.4 Å². The van der Waals surface area contributed by atoms with Crippen LogP contribution in [0, 0.1) is 0 Å². The second-order valence-corrected chi connectivity index (χ2v) is 9.29. The van der Waals surface area contributed by atoms with Crippen molar-refractivity contribution < 1.29 is 35.9 Å². The molecule has 2 aliphatic heterocycles. The molecule has 3 aliphatic rings. The topological polar surface area (TPSA) is 72.9 Å². The van der Waals surface area contributed by atoms with Crippen molar-refractivity contribution in [3.63, 3.8) is 0 Å². The molecule has 1 aliphatic carbocycles. The van der Waals surface area contributed by atoms with Gasteiger partial charge in [-0.05, 0) is 35.8 Å². The number of nitrogens with zero attached hydrogens (tertiary/aromatic N) is 1. The Morgan fingerprint density at radius 1 is 1.03 bits per heavy atom. The van der Waals surface area contributed by atoms with Crippen LogP contribution < -0.4 is 0 Å². The molecule has 0 aromatic heterocycles. The van der Waals surface area contributed by atoms with Gasteiger partial charge < -0.3 is 9.47 Å². The van der Waals surface area contributed by atoms with E-state index in [-0.39, 0.29) is 36.4 Å². The van der Waals surface area contributed by atoms with Gasteiger partial charge in [-0.1, -0.05) is 6.07 Å². The number of ether oxygens (including phenoxy) is 2. The summed E-state index contributed by atoms with van der Waals surface area (Å²) in [5.74, 6) is -1.39. The Kier molecular flexibility index (Phi) is 5.09. The van der Waals surface area contributed by atoms with Gasteiger partial charge in [0.2, 0.25) is 10.0 Å². The summed E-state index contributed by atoms with van der Waals surface area (Å²) < 4.78 is 79.1. The second-order valence-electron chi connectivity index (χ2n) is 7.35. The molecule has 0 saturated carbocycles. The maximum absolute atomic E-state index is 13.5. The number of carbonyl (C=O) groups excluding carboxylic acids is 1. The zero-order valence-electron chi connectivity index (χ0n) is 15.5. The van der Waals surface area contributed by atoms with Crippen LogP contribution in [0.15, 0.2) is 29.2 Å². The third kappa shape index (κ3) is 3.86. The Morgan fingerprint density at radius 3 is 2.31 bits per heavy atom. The van der Waals surface area contributed by atoms with Crippen LogP contribution >= 0.6 is 0 Å². The molecule has 10 heteroatoms. The smallest absolute Gasteiger partial charge is 0.347 e. The van der Waals surface area contributed by atoms with Crippen molar-refractivity contribution >= 4 is 21.4 Å². The lowest BCUT2D eigenvalue weighted by molar-refractivity contribution is -0.179. The predicted molar refractivity (Wildman–Crippen MR) is 96.4 cm³/mol. The second kappa shape index (κ2) is 7.19. The quantitative estimate of drug-likeness (QED) is 0.720. The molecule has 2 fully saturated rings. The number of rotatable bonds is 2. The molecule has 1 aromatic rings. The van der Waals surface area contributed by atoms with Gasteiger partial charge in [-0.15, -0.1) is 0 Å². The Labute approximate surface area is 166 Å². The Balaban J connectivity index is 1.66. The van der Waals surface area contributed by atoms with E-state index in [4.69, 9.17) is 9.47 Å². The zero-order chi connectivity index (χ0) is 20.9. The number of alkyl halides is 3. The van der Waals surface area contributed by atoms with Crippen molar-refractivity contribution in [2.75, 3.05) is 26.3 Å². The van der Waals surface area contributed by atoms with Gasteiger partial charge in [0.1, 0.15) is 0 Å². The molecule has 0 radical (unpaired) electrons. The third-order valence-electron chi connectivity index (χ3n) is 5.56. The summed E-state index contributed by atoms with van der Waals surface area (Å²) in [6, 6.07) is 3.72. The minimum absolute atomic E-state index is 0.0487. The van der Waals surface area contributed by atoms with Gasteiger partial charge in [-0.2, -0.15) is 17.5 Å². The summed E-state index contributed by atoms with van der Waals surface area (Å²) in [5.41, 5.74) is -1.04. The first-order chi connectivity index (χ1) is 13.6. The number of ketones is 1. The third-order valence-corrected chi connectivity index (χ3v) is 7.45. The van der Waals surface area contributed by atoms with Crippen molar-refractivity contribution in [2.24, 2.45) is 0 Å². The molecule has 0 bridgehead atoms. The highest BCUT2D eigenvalue weighted by Crippen LogP contribution is 2.39. The SMILES string of the molecule is O=C1C=C(C(F)(F)F)c2cc(S(=O)(=O)N3CCC4(CC3)OCCO4)ccc2CC1. The fourth-order valence-corrected chi connectivity index (χ4v) is 5.46. The number of fused-ring (bicyclic) bond motifs is 1. The molecular weight excluding hydrogens is 411 g/mol. The van der Waals surface area contributed by atoms with Gasteiger partial charge in [-0.3, -0.25) is 4.79 Å². The highest BCUT2D eigenvalue weighted by molar-refractivity contribution is 7.89. The first-order valence-corrected chi connectivity index (χ1v) is 10.8. The van der Waals surface area contributed by atoms with Gasteiger partial charge >= 0.3 is 6.18 Å². The van der Waals surface area contributed by atoms with Gasteiger partial charge in [0.25, 0.3) is 0 Å². The summed E-state index contributed by atoms with van der Waals surface area (Å²) in [5, 5.41) is 0. The molecule has 0 atom stereocenters. The van der Waals surface area contributed by atoms with E-state index in [0.717, 1.165) is 6.07 Å². The summed E-state index contributed by atoms with van der Waals surface area (Å²) in [7, 11) is -3.99. The van der Waals surface area contributed by atoms with E-state index < -0.39 is 33.3 Å². The van der Waals surface area contributed by atoms with Crippen LogP contribution in [0.2, 0.25) is 0 Å². The standard InChI is InChI=1S/C19H20F3NO5S/c20-19(21,22)17-11-14(24)3-1-13-2-4-15(12-16(13)17)29(25,26)23-7-5-18(6-8-23)27-9-10-28-18/h2,4,11-12H,1,3,5-10H2. The summed E-state index contributed by atoms with van der Waals surface area (Å²) in [6.45, 7) is 1.23. The van der Waals surface area contributed by atoms with Crippen LogP contribution in [-0.4, -0.2) is 56.8 Å². The molecule has 1 aromatic carbocycles. The number of piperidine rings is 1. The lowest BCUT2D eigenvalue weighted by Gasteiger charge is -2.36. The van der Waals surface area contributed by atoms with E-state index in [1.807, 2.05) is 0 Å². The van der Waals surface area contributed by atoms with Crippen molar-refractivity contribution in [1.82, 2.24) is 4.31 Å². The van der Waals surface area contributed by atoms with E-state index in [0.29, 0.717) is 37.7 Å². The van der Waals surface area contributed by atoms with Crippen LogP contribution in [-0.2, 0) is 30.7 Å². The van der Waals surface area contributed by atoms with Crippen LogP contribution in [0.1, 0.15) is 30.4 Å². The number of carbonyl (C=O) groups is 1. The minimum Gasteiger partial charge on any atom is -0.347 e. The van der Waals surface area contributed by atoms with Gasteiger partial charge in [0.05, 0.1) is 23.7 Å². The maximum atomic E-state index is 13.5. The van der Waals surface area contributed by atoms with Crippen molar-refractivity contribution in [3.05, 3.63) is 35.4 Å². The van der Waals surface area contributed by atoms with E-state index in [2.05, 4.69) is 0 Å². The number of halogens is 3. The summed E-state index contributed by atoms with van der Waals surface area (Å²) in [6.07, 6.45) is -3.38. The molecule has 0 unspecified atom stereocenters. The number of allylic oxidation sites excluding steroid dienone is 2. The molecule has 1 spiro atoms. The van der Waals surface area contributed by atoms with Crippen LogP contribution in [0.25, 0.3) is 5.57 Å². The molecule has 6 nitrogen and oxygen atoms in total. The minimum atomic E-state index is -4.76. The monoisotopic (exact) mass is 431 g/mol. The fraction of sp³-hybridized carbons (Fsp3) is 0.526. The van der Waals surface area contributed by atoms with Crippen LogP contribution in [0.5, 0.6) is 0 Å². The van der Waals surface area contributed by atoms with Gasteiger partial charge in [0.15, 0.2) is 11.6 Å². The largest absolute Gasteiger partial charge is 0.417 e. The summed E-state index contributed by atoms with van der Waals surface area (Å²) in [4.78, 5) is 11.5. The van der Waals surface area contributed by atoms with Gasteiger partial charge in [-0.25, -0.2) is 8.42 Å². The first-order valence-electron chi connectivity index (χ1n) is 9.34. The van der Waals surface area contributed by atoms with E-state index in [9.17, 15) is 26.4 Å². The average Bonchev–Trinajstić information content (AvgIpc) is 3.03. The van der Waals surface area contributed by atoms with Crippen LogP contribution in [0.3, 0.4) is 0 Å². The number of sulfonamides is 1. The highest BCUT2D eigenvalue weighted by Gasteiger charge is 2.43. The summed E-state index contributed by atoms with van der Waals surface area (Å²) >= 11 is 0. The first kappa shape index (κ1) is 20.5. The molecule has 0 N–H and O–H groups in total. The number of hydrogen-bond acceptors (Lipinski definition) is 5. The Bertz CT molecular complexity index is 955. The molecular formula is C19H20F3NO5S. The molecule has 4 rings (SSSR count). The number of hydrogen-bond donors (Lipinski definition) is 0. The molecule has 2 saturated heterocycles. The average molecular weight is 431 g/mol. The fourth-order valence-electron chi connectivity index (χ4n) is 3.99. The number of aryl methyl sites for hydroxylation is 1. The van der Waals surface area contributed by atoms with Crippen LogP contribution in [0.4, 0.5) is 13.2 Å². The van der Waals surface area contributed by atoms with E-state index in [1.54, 1.807) is 0 Å². The molecule has 29 heavy (non-hydrogen) atoms. The zero-order valence-corrected chi connectivity index (χ0v) is 16.3. The molecule has 0 amide bonds. The lowest BCUT2D eigenvalue weighted by Crippen LogP contribution is -2.47. The Hall–Kier alpha value is -1.75. The highest BCUT2D eigenvalue weighted by atomic mass is 32.2. The Morgan fingerprint density at radius 2 is 1.69 bits per heavy atom. The lowest BCUT2D eigenvalue weighted by atomic mass is 9.99. The molecule has 2 heterocycles.